The lowest BCUT2D eigenvalue weighted by molar-refractivity contribution is 0.101. The van der Waals surface area contributed by atoms with Gasteiger partial charge in [-0.1, -0.05) is 17.4 Å². The molecule has 0 unspecified atom stereocenters. The zero-order chi connectivity index (χ0) is 21.8. The van der Waals surface area contributed by atoms with Gasteiger partial charge in [-0.15, -0.1) is 0 Å². The van der Waals surface area contributed by atoms with Crippen LogP contribution in [0.2, 0.25) is 0 Å². The molecule has 0 saturated carbocycles. The number of amides is 1. The van der Waals surface area contributed by atoms with Gasteiger partial charge in [-0.3, -0.25) is 19.9 Å². The molecule has 0 saturated heterocycles. The highest BCUT2D eigenvalue weighted by atomic mass is 32.1. The van der Waals surface area contributed by atoms with Gasteiger partial charge >= 0.3 is 0 Å². The van der Waals surface area contributed by atoms with Crippen LogP contribution in [0.4, 0.5) is 5.13 Å². The highest BCUT2D eigenvalue weighted by Crippen LogP contribution is 2.33. The molecule has 1 N–H and O–H groups in total. The molecule has 0 bridgehead atoms. The number of carbonyl (C=O) groups is 2. The predicted octanol–water partition coefficient (Wildman–Crippen LogP) is 3.69. The van der Waals surface area contributed by atoms with Gasteiger partial charge in [0, 0.05) is 12.3 Å². The molecule has 0 radical (unpaired) electrons. The van der Waals surface area contributed by atoms with Crippen molar-refractivity contribution in [1.82, 2.24) is 15.0 Å². The van der Waals surface area contributed by atoms with Gasteiger partial charge in [0.05, 0.1) is 20.5 Å². The normalized spacial score (nSPS) is 10.5. The number of ether oxygens (including phenoxy) is 2. The Morgan fingerprint density at radius 3 is 2.58 bits per heavy atom. The smallest absolute Gasteiger partial charge is 0.262 e. The summed E-state index contributed by atoms with van der Waals surface area (Å²) < 4.78 is 15.7. The van der Waals surface area contributed by atoms with Crippen LogP contribution in [0.3, 0.4) is 0 Å². The molecule has 0 aliphatic heterocycles. The second-order valence-electron chi connectivity index (χ2n) is 6.08. The summed E-state index contributed by atoms with van der Waals surface area (Å²) in [6.45, 7) is 0. The van der Waals surface area contributed by atoms with Crippen LogP contribution >= 0.6 is 11.3 Å². The molecule has 0 aliphatic carbocycles. The highest BCUT2D eigenvalue weighted by molar-refractivity contribution is 7.18. The number of furan rings is 1. The minimum Gasteiger partial charge on any atom is -0.481 e. The van der Waals surface area contributed by atoms with Crippen LogP contribution < -0.4 is 14.8 Å². The number of methoxy groups -OCH3 is 2. The Morgan fingerprint density at radius 2 is 1.90 bits per heavy atom. The van der Waals surface area contributed by atoms with Crippen molar-refractivity contribution < 1.29 is 23.5 Å². The third-order valence-electron chi connectivity index (χ3n) is 4.19. The summed E-state index contributed by atoms with van der Waals surface area (Å²) in [5.41, 5.74) is 0.772. The van der Waals surface area contributed by atoms with Gasteiger partial charge in [0.25, 0.3) is 5.91 Å². The standard InChI is InChI=1S/C21H16N4O5S/c1-28-15-9-8-12(20(23-15)29-2)19(27)25-21-24-16(14-7-5-11-30-14)18(31-21)17(26)13-6-3-4-10-22-13/h3-11H,1-2H3,(H,24,25,27). The maximum Gasteiger partial charge on any atom is 0.262 e. The number of hydrogen-bond acceptors (Lipinski definition) is 9. The van der Waals surface area contributed by atoms with Crippen molar-refractivity contribution in [1.29, 1.82) is 0 Å². The first-order valence-corrected chi connectivity index (χ1v) is 9.83. The molecule has 4 aromatic rings. The molecule has 156 valence electrons. The van der Waals surface area contributed by atoms with E-state index in [9.17, 15) is 9.59 Å². The van der Waals surface area contributed by atoms with E-state index >= 15 is 0 Å². The third kappa shape index (κ3) is 4.14. The van der Waals surface area contributed by atoms with Crippen LogP contribution in [0.5, 0.6) is 11.8 Å². The first-order valence-electron chi connectivity index (χ1n) is 9.01. The summed E-state index contributed by atoms with van der Waals surface area (Å²) in [6.07, 6.45) is 3.02. The molecular formula is C21H16N4O5S. The molecule has 0 aliphatic rings. The van der Waals surface area contributed by atoms with E-state index in [-0.39, 0.29) is 28.1 Å². The molecule has 1 amide bonds. The van der Waals surface area contributed by atoms with E-state index < -0.39 is 5.91 Å². The maximum absolute atomic E-state index is 13.0. The van der Waals surface area contributed by atoms with E-state index in [4.69, 9.17) is 13.9 Å². The summed E-state index contributed by atoms with van der Waals surface area (Å²) in [5, 5.41) is 2.91. The lowest BCUT2D eigenvalue weighted by atomic mass is 10.1. The van der Waals surface area contributed by atoms with Gasteiger partial charge in [0.2, 0.25) is 17.5 Å². The zero-order valence-corrected chi connectivity index (χ0v) is 17.3. The maximum atomic E-state index is 13.0. The minimum atomic E-state index is -0.497. The van der Waals surface area contributed by atoms with Crippen LogP contribution in [0.1, 0.15) is 25.7 Å². The summed E-state index contributed by atoms with van der Waals surface area (Å²) in [5.74, 6) is -0.00699. The monoisotopic (exact) mass is 436 g/mol. The van der Waals surface area contributed by atoms with Crippen molar-refractivity contribution in [2.24, 2.45) is 0 Å². The van der Waals surface area contributed by atoms with Crippen molar-refractivity contribution in [2.75, 3.05) is 19.5 Å². The van der Waals surface area contributed by atoms with E-state index in [1.807, 2.05) is 0 Å². The highest BCUT2D eigenvalue weighted by Gasteiger charge is 2.25. The van der Waals surface area contributed by atoms with Crippen molar-refractivity contribution in [2.45, 2.75) is 0 Å². The molecule has 10 heteroatoms. The second kappa shape index (κ2) is 8.76. The number of anilines is 1. The summed E-state index contributed by atoms with van der Waals surface area (Å²) in [6, 6.07) is 11.5. The molecule has 0 atom stereocenters. The summed E-state index contributed by atoms with van der Waals surface area (Å²) in [7, 11) is 2.87. The SMILES string of the molecule is COc1ccc(C(=O)Nc2nc(-c3ccco3)c(C(=O)c3ccccn3)s2)c(OC)n1. The van der Waals surface area contributed by atoms with Gasteiger partial charge in [0.1, 0.15) is 21.8 Å². The Hall–Kier alpha value is -4.05. The quantitative estimate of drug-likeness (QED) is 0.436. The average Bonchev–Trinajstić information content (AvgIpc) is 3.48. The van der Waals surface area contributed by atoms with Crippen molar-refractivity contribution in [3.05, 3.63) is 71.1 Å². The molecule has 4 heterocycles. The molecule has 0 aromatic carbocycles. The van der Waals surface area contributed by atoms with Gasteiger partial charge in [-0.2, -0.15) is 4.98 Å². The number of nitrogens with zero attached hydrogens (tertiary/aromatic N) is 3. The Morgan fingerprint density at radius 1 is 1.03 bits per heavy atom. The fraction of sp³-hybridized carbons (Fsp3) is 0.0952. The fourth-order valence-electron chi connectivity index (χ4n) is 2.75. The number of thiazole rings is 1. The number of nitrogens with one attached hydrogen (secondary N) is 1. The lowest BCUT2D eigenvalue weighted by Crippen LogP contribution is -2.14. The Balaban J connectivity index is 1.68. The number of ketones is 1. The van der Waals surface area contributed by atoms with Crippen LogP contribution in [-0.2, 0) is 0 Å². The topological polar surface area (TPSA) is 116 Å². The van der Waals surface area contributed by atoms with E-state index in [1.165, 1.54) is 32.7 Å². The van der Waals surface area contributed by atoms with Crippen LogP contribution in [0.15, 0.2) is 59.3 Å². The number of aromatic nitrogens is 3. The summed E-state index contributed by atoms with van der Waals surface area (Å²) in [4.78, 5) is 38.7. The predicted molar refractivity (Wildman–Crippen MR) is 113 cm³/mol. The van der Waals surface area contributed by atoms with Crippen LogP contribution in [0.25, 0.3) is 11.5 Å². The summed E-state index contributed by atoms with van der Waals surface area (Å²) >= 11 is 1.03. The number of rotatable bonds is 7. The lowest BCUT2D eigenvalue weighted by Gasteiger charge is -2.08. The van der Waals surface area contributed by atoms with Gasteiger partial charge in [0.15, 0.2) is 10.9 Å². The molecular weight excluding hydrogens is 420 g/mol. The van der Waals surface area contributed by atoms with Crippen LogP contribution in [-0.4, -0.2) is 40.9 Å². The van der Waals surface area contributed by atoms with Gasteiger partial charge in [-0.05, 0) is 30.3 Å². The molecule has 4 rings (SSSR count). The number of hydrogen-bond donors (Lipinski definition) is 1. The van der Waals surface area contributed by atoms with Crippen molar-refractivity contribution in [3.8, 4) is 23.2 Å². The van der Waals surface area contributed by atoms with E-state index in [1.54, 1.807) is 36.4 Å². The Bertz CT molecular complexity index is 1220. The fourth-order valence-corrected chi connectivity index (χ4v) is 3.67. The van der Waals surface area contributed by atoms with Crippen LogP contribution in [0, 0.1) is 0 Å². The minimum absolute atomic E-state index is 0.101. The average molecular weight is 436 g/mol. The second-order valence-corrected chi connectivity index (χ2v) is 7.08. The molecule has 9 nitrogen and oxygen atoms in total. The van der Waals surface area contributed by atoms with E-state index in [0.29, 0.717) is 22.2 Å². The number of carbonyl (C=O) groups excluding carboxylic acids is 2. The third-order valence-corrected chi connectivity index (χ3v) is 5.16. The largest absolute Gasteiger partial charge is 0.481 e. The molecule has 31 heavy (non-hydrogen) atoms. The molecule has 0 spiro atoms. The first-order chi connectivity index (χ1) is 15.1. The van der Waals surface area contributed by atoms with Crippen molar-refractivity contribution >= 4 is 28.2 Å². The van der Waals surface area contributed by atoms with Crippen molar-refractivity contribution in [3.63, 3.8) is 0 Å². The van der Waals surface area contributed by atoms with Gasteiger partial charge in [-0.25, -0.2) is 4.98 Å². The zero-order valence-electron chi connectivity index (χ0n) is 16.5. The molecule has 4 aromatic heterocycles. The van der Waals surface area contributed by atoms with Gasteiger partial charge < -0.3 is 13.9 Å². The number of pyridine rings is 2. The Labute approximate surface area is 180 Å². The van der Waals surface area contributed by atoms with E-state index in [0.717, 1.165) is 11.3 Å². The Kier molecular flexibility index (Phi) is 5.72. The first kappa shape index (κ1) is 20.2. The van der Waals surface area contributed by atoms with E-state index in [2.05, 4.69) is 20.3 Å². The molecule has 0 fully saturated rings.